The zero-order valence-corrected chi connectivity index (χ0v) is 21.7. The first-order chi connectivity index (χ1) is 16.8. The monoisotopic (exact) mass is 509 g/mol. The molecule has 7 heteroatoms. The lowest BCUT2D eigenvalue weighted by Gasteiger charge is -2.27. The highest BCUT2D eigenvalue weighted by molar-refractivity contribution is 6.42. The second-order valence-corrected chi connectivity index (χ2v) is 9.38. The number of carbonyl (C=O) groups excluding carboxylic acids is 1. The number of benzene rings is 3. The van der Waals surface area contributed by atoms with Crippen molar-refractivity contribution < 1.29 is 9.53 Å². The van der Waals surface area contributed by atoms with Crippen LogP contribution < -0.4 is 4.74 Å². The second kappa shape index (κ2) is 12.1. The smallest absolute Gasteiger partial charge is 0.258 e. The minimum atomic E-state index is -0.209. The van der Waals surface area contributed by atoms with Crippen molar-refractivity contribution in [3.05, 3.63) is 87.9 Å². The molecule has 1 atom stereocenters. The molecule has 0 aliphatic rings. The number of amides is 1. The molecule has 0 aliphatic heterocycles. The molecule has 35 heavy (non-hydrogen) atoms. The van der Waals surface area contributed by atoms with Gasteiger partial charge >= 0.3 is 0 Å². The second-order valence-electron chi connectivity index (χ2n) is 8.56. The van der Waals surface area contributed by atoms with Crippen molar-refractivity contribution in [1.82, 2.24) is 9.80 Å². The maximum Gasteiger partial charge on any atom is 0.258 e. The first kappa shape index (κ1) is 26.6. The third kappa shape index (κ3) is 6.15. The van der Waals surface area contributed by atoms with Crippen LogP contribution in [0.15, 0.2) is 61.2 Å². The van der Waals surface area contributed by atoms with Crippen molar-refractivity contribution in [2.75, 3.05) is 40.8 Å². The summed E-state index contributed by atoms with van der Waals surface area (Å²) in [5, 5.41) is 12.2. The van der Waals surface area contributed by atoms with E-state index in [9.17, 15) is 10.1 Å². The fourth-order valence-electron chi connectivity index (χ4n) is 4.26. The van der Waals surface area contributed by atoms with Gasteiger partial charge < -0.3 is 14.5 Å². The molecule has 0 bridgehead atoms. The maximum absolute atomic E-state index is 13.8. The van der Waals surface area contributed by atoms with E-state index in [-0.39, 0.29) is 11.8 Å². The summed E-state index contributed by atoms with van der Waals surface area (Å²) in [6.07, 6.45) is 2.67. The summed E-state index contributed by atoms with van der Waals surface area (Å²) in [6.45, 7) is 5.84. The summed E-state index contributed by atoms with van der Waals surface area (Å²) < 4.78 is 5.55. The molecule has 3 aromatic rings. The number of hydrogen-bond acceptors (Lipinski definition) is 4. The Kier molecular flexibility index (Phi) is 9.17. The molecule has 0 saturated carbocycles. The number of ether oxygens (including phenoxy) is 1. The molecule has 3 rings (SSSR count). The summed E-state index contributed by atoms with van der Waals surface area (Å²) in [5.41, 5.74) is 1.73. The van der Waals surface area contributed by atoms with E-state index in [4.69, 9.17) is 27.9 Å². The standard InChI is InChI=1S/C28H29Cl2N3O2/c1-5-13-32(2)14-12-21(19-10-11-24(29)25(30)16-19)18-33(3)28(34)26-23-9-7-6-8-20(23)15-22(17-31)27(26)35-4/h5-11,15-16,21H,1,12-14,18H2,2-4H3. The van der Waals surface area contributed by atoms with Crippen molar-refractivity contribution in [3.8, 4) is 11.8 Å². The summed E-state index contributed by atoms with van der Waals surface area (Å²) >= 11 is 12.5. The number of likely N-dealkylation sites (N-methyl/N-ethyl adjacent to an activating group) is 2. The number of nitrogens with zero attached hydrogens (tertiary/aromatic N) is 3. The summed E-state index contributed by atoms with van der Waals surface area (Å²) in [4.78, 5) is 17.7. The van der Waals surface area contributed by atoms with Gasteiger partial charge in [0.15, 0.2) is 0 Å². The lowest BCUT2D eigenvalue weighted by molar-refractivity contribution is 0.0782. The highest BCUT2D eigenvalue weighted by Crippen LogP contribution is 2.34. The van der Waals surface area contributed by atoms with Crippen LogP contribution in [0.25, 0.3) is 10.8 Å². The SMILES string of the molecule is C=CCN(C)CCC(CN(C)C(=O)c1c(OC)c(C#N)cc2ccccc12)c1ccc(Cl)c(Cl)c1. The normalized spacial score (nSPS) is 11.8. The molecule has 182 valence electrons. The predicted molar refractivity (Wildman–Crippen MR) is 144 cm³/mol. The molecule has 0 N–H and O–H groups in total. The molecule has 3 aromatic carbocycles. The minimum Gasteiger partial charge on any atom is -0.495 e. The van der Waals surface area contributed by atoms with Gasteiger partial charge in [-0.05, 0) is 54.5 Å². The van der Waals surface area contributed by atoms with Gasteiger partial charge in [-0.3, -0.25) is 4.79 Å². The fraction of sp³-hybridized carbons (Fsp3) is 0.286. The molecule has 0 radical (unpaired) electrons. The van der Waals surface area contributed by atoms with Crippen molar-refractivity contribution in [2.45, 2.75) is 12.3 Å². The van der Waals surface area contributed by atoms with Crippen LogP contribution in [0.4, 0.5) is 0 Å². The lowest BCUT2D eigenvalue weighted by atomic mass is 9.94. The Morgan fingerprint density at radius 3 is 2.57 bits per heavy atom. The average Bonchev–Trinajstić information content (AvgIpc) is 2.86. The first-order valence-electron chi connectivity index (χ1n) is 11.3. The predicted octanol–water partition coefficient (Wildman–Crippen LogP) is 6.39. The molecule has 1 unspecified atom stereocenters. The van der Waals surface area contributed by atoms with Crippen LogP contribution in [0, 0.1) is 11.3 Å². The number of rotatable bonds is 10. The molecule has 0 heterocycles. The van der Waals surface area contributed by atoms with E-state index in [0.29, 0.717) is 33.5 Å². The van der Waals surface area contributed by atoms with Crippen LogP contribution in [-0.2, 0) is 0 Å². The Bertz CT molecular complexity index is 1270. The number of methoxy groups -OCH3 is 1. The van der Waals surface area contributed by atoms with Crippen molar-refractivity contribution in [2.24, 2.45) is 0 Å². The average molecular weight is 510 g/mol. The van der Waals surface area contributed by atoms with Crippen LogP contribution in [-0.4, -0.2) is 56.5 Å². The van der Waals surface area contributed by atoms with Gasteiger partial charge in [0.25, 0.3) is 5.91 Å². The zero-order chi connectivity index (χ0) is 25.5. The Hall–Kier alpha value is -3.04. The van der Waals surface area contributed by atoms with Crippen molar-refractivity contribution in [3.63, 3.8) is 0 Å². The van der Waals surface area contributed by atoms with Gasteiger partial charge in [0.1, 0.15) is 11.8 Å². The molecular formula is C28H29Cl2N3O2. The van der Waals surface area contributed by atoms with Crippen LogP contribution in [0.3, 0.4) is 0 Å². The van der Waals surface area contributed by atoms with Gasteiger partial charge in [-0.25, -0.2) is 0 Å². The van der Waals surface area contributed by atoms with E-state index in [1.54, 1.807) is 24.1 Å². The van der Waals surface area contributed by atoms with Crippen LogP contribution in [0.5, 0.6) is 5.75 Å². The molecule has 0 aromatic heterocycles. The van der Waals surface area contributed by atoms with E-state index < -0.39 is 0 Å². The highest BCUT2D eigenvalue weighted by Gasteiger charge is 2.25. The van der Waals surface area contributed by atoms with Crippen LogP contribution >= 0.6 is 23.2 Å². The lowest BCUT2D eigenvalue weighted by Crippen LogP contribution is -2.33. The Morgan fingerprint density at radius 2 is 1.91 bits per heavy atom. The number of carbonyl (C=O) groups is 1. The third-order valence-electron chi connectivity index (χ3n) is 6.10. The van der Waals surface area contributed by atoms with Crippen LogP contribution in [0.2, 0.25) is 10.0 Å². The zero-order valence-electron chi connectivity index (χ0n) is 20.2. The third-order valence-corrected chi connectivity index (χ3v) is 6.84. The molecule has 5 nitrogen and oxygen atoms in total. The minimum absolute atomic E-state index is 0.0161. The van der Waals surface area contributed by atoms with E-state index in [1.165, 1.54) is 7.11 Å². The van der Waals surface area contributed by atoms with E-state index in [0.717, 1.165) is 35.8 Å². The largest absolute Gasteiger partial charge is 0.495 e. The number of halogens is 2. The van der Waals surface area contributed by atoms with Gasteiger partial charge in [-0.1, -0.05) is 59.6 Å². The summed E-state index contributed by atoms with van der Waals surface area (Å²) in [6, 6.07) is 17.0. The molecule has 0 spiro atoms. The van der Waals surface area contributed by atoms with Gasteiger partial charge in [-0.15, -0.1) is 6.58 Å². The topological polar surface area (TPSA) is 56.6 Å². The van der Waals surface area contributed by atoms with E-state index in [1.807, 2.05) is 49.5 Å². The van der Waals surface area contributed by atoms with Gasteiger partial charge in [0.05, 0.1) is 28.3 Å². The highest BCUT2D eigenvalue weighted by atomic mass is 35.5. The van der Waals surface area contributed by atoms with Crippen molar-refractivity contribution >= 4 is 39.9 Å². The van der Waals surface area contributed by atoms with Gasteiger partial charge in [-0.2, -0.15) is 5.26 Å². The Labute approximate surface area is 217 Å². The number of nitriles is 1. The molecule has 0 fully saturated rings. The maximum atomic E-state index is 13.8. The van der Waals surface area contributed by atoms with Gasteiger partial charge in [0, 0.05) is 26.1 Å². The molecule has 1 amide bonds. The Balaban J connectivity index is 1.97. The first-order valence-corrected chi connectivity index (χ1v) is 12.1. The molecular weight excluding hydrogens is 481 g/mol. The van der Waals surface area contributed by atoms with Crippen LogP contribution in [0.1, 0.15) is 33.8 Å². The fourth-order valence-corrected chi connectivity index (χ4v) is 4.56. The summed E-state index contributed by atoms with van der Waals surface area (Å²) in [7, 11) is 5.29. The molecule has 0 saturated heterocycles. The number of fused-ring (bicyclic) bond motifs is 1. The quantitative estimate of drug-likeness (QED) is 0.297. The number of hydrogen-bond donors (Lipinski definition) is 0. The molecule has 0 aliphatic carbocycles. The Morgan fingerprint density at radius 1 is 1.17 bits per heavy atom. The van der Waals surface area contributed by atoms with Gasteiger partial charge in [0.2, 0.25) is 0 Å². The van der Waals surface area contributed by atoms with E-state index >= 15 is 0 Å². The van der Waals surface area contributed by atoms with Crippen molar-refractivity contribution in [1.29, 1.82) is 5.26 Å². The van der Waals surface area contributed by atoms with E-state index in [2.05, 4.69) is 17.5 Å². The summed E-state index contributed by atoms with van der Waals surface area (Å²) in [5.74, 6) is 0.0990.